The Morgan fingerprint density at radius 1 is 1.40 bits per heavy atom. The number of anilines is 1. The van der Waals surface area contributed by atoms with Gasteiger partial charge in [-0.3, -0.25) is 0 Å². The van der Waals surface area contributed by atoms with E-state index in [4.69, 9.17) is 15.6 Å². The van der Waals surface area contributed by atoms with Gasteiger partial charge in [-0.15, -0.1) is 0 Å². The van der Waals surface area contributed by atoms with Crippen LogP contribution in [0.15, 0.2) is 23.1 Å². The maximum Gasteiger partial charge on any atom is 0.243 e. The first kappa shape index (κ1) is 16.7. The molecule has 0 fully saturated rings. The van der Waals surface area contributed by atoms with Crippen LogP contribution in [0.1, 0.15) is 20.3 Å². The molecule has 0 heterocycles. The van der Waals surface area contributed by atoms with Crippen LogP contribution >= 0.6 is 0 Å². The quantitative estimate of drug-likeness (QED) is 0.735. The van der Waals surface area contributed by atoms with Gasteiger partial charge >= 0.3 is 0 Å². The van der Waals surface area contributed by atoms with E-state index in [1.54, 1.807) is 13.8 Å². The highest BCUT2D eigenvalue weighted by Gasteiger charge is 2.27. The molecule has 0 aliphatic rings. The van der Waals surface area contributed by atoms with Crippen LogP contribution in [0.4, 0.5) is 5.69 Å². The number of hydrogen-bond donors (Lipinski definition) is 2. The molecule has 0 bridgehead atoms. The lowest BCUT2D eigenvalue weighted by atomic mass is 10.3. The number of methoxy groups -OCH3 is 1. The molecule has 0 aliphatic heterocycles. The van der Waals surface area contributed by atoms with E-state index in [1.165, 1.54) is 29.6 Å². The van der Waals surface area contributed by atoms with E-state index in [2.05, 4.69) is 0 Å². The van der Waals surface area contributed by atoms with E-state index in [0.29, 0.717) is 12.2 Å². The van der Waals surface area contributed by atoms with Crippen LogP contribution in [0.25, 0.3) is 0 Å². The molecule has 114 valence electrons. The number of aliphatic hydroxyl groups is 1. The molecule has 1 aromatic rings. The van der Waals surface area contributed by atoms with Crippen molar-refractivity contribution >= 4 is 15.7 Å². The van der Waals surface area contributed by atoms with E-state index in [9.17, 15) is 8.42 Å². The smallest absolute Gasteiger partial charge is 0.243 e. The molecule has 0 unspecified atom stereocenters. The van der Waals surface area contributed by atoms with Gasteiger partial charge in [-0.1, -0.05) is 0 Å². The molecule has 1 aromatic carbocycles. The Labute approximate surface area is 120 Å². The first-order valence-electron chi connectivity index (χ1n) is 6.40. The van der Waals surface area contributed by atoms with Crippen molar-refractivity contribution in [2.24, 2.45) is 0 Å². The molecule has 7 heteroatoms. The van der Waals surface area contributed by atoms with Gasteiger partial charge in [0.15, 0.2) is 0 Å². The van der Waals surface area contributed by atoms with Crippen LogP contribution in [0.3, 0.4) is 0 Å². The van der Waals surface area contributed by atoms with Crippen molar-refractivity contribution in [2.45, 2.75) is 31.2 Å². The molecule has 0 radical (unpaired) electrons. The van der Waals surface area contributed by atoms with Crippen LogP contribution in [-0.4, -0.2) is 44.1 Å². The third kappa shape index (κ3) is 3.62. The van der Waals surface area contributed by atoms with Crippen molar-refractivity contribution < 1.29 is 18.3 Å². The average Bonchev–Trinajstić information content (AvgIpc) is 2.38. The summed E-state index contributed by atoms with van der Waals surface area (Å²) in [5.41, 5.74) is 6.03. The Hall–Kier alpha value is -1.31. The molecule has 0 spiro atoms. The first-order chi connectivity index (χ1) is 9.34. The Bertz CT molecular complexity index is 543. The van der Waals surface area contributed by atoms with Crippen molar-refractivity contribution in [1.29, 1.82) is 0 Å². The fraction of sp³-hybridized carbons (Fsp3) is 0.538. The summed E-state index contributed by atoms with van der Waals surface area (Å²) in [6, 6.07) is 4.20. The van der Waals surface area contributed by atoms with E-state index < -0.39 is 10.0 Å². The van der Waals surface area contributed by atoms with Gasteiger partial charge in [0, 0.05) is 19.2 Å². The minimum Gasteiger partial charge on any atom is -0.495 e. The highest BCUT2D eigenvalue weighted by Crippen LogP contribution is 2.27. The second-order valence-electron chi connectivity index (χ2n) is 4.69. The van der Waals surface area contributed by atoms with Gasteiger partial charge < -0.3 is 15.6 Å². The zero-order chi connectivity index (χ0) is 15.3. The first-order valence-corrected chi connectivity index (χ1v) is 7.84. The van der Waals surface area contributed by atoms with Crippen LogP contribution in [0, 0.1) is 0 Å². The van der Waals surface area contributed by atoms with Gasteiger partial charge in [0.05, 0.1) is 17.7 Å². The lowest BCUT2D eigenvalue weighted by Gasteiger charge is -2.25. The number of rotatable bonds is 7. The van der Waals surface area contributed by atoms with Crippen molar-refractivity contribution in [3.05, 3.63) is 18.2 Å². The fourth-order valence-corrected chi connectivity index (χ4v) is 3.60. The maximum atomic E-state index is 12.6. The molecule has 3 N–H and O–H groups in total. The van der Waals surface area contributed by atoms with Gasteiger partial charge in [0.25, 0.3) is 0 Å². The molecule has 6 nitrogen and oxygen atoms in total. The molecule has 0 saturated carbocycles. The summed E-state index contributed by atoms with van der Waals surface area (Å²) in [6.07, 6.45) is 0.392. The summed E-state index contributed by atoms with van der Waals surface area (Å²) >= 11 is 0. The highest BCUT2D eigenvalue weighted by atomic mass is 32.2. The number of nitrogen functional groups attached to an aromatic ring is 1. The molecule has 20 heavy (non-hydrogen) atoms. The summed E-state index contributed by atoms with van der Waals surface area (Å²) < 4.78 is 31.5. The number of sulfonamides is 1. The monoisotopic (exact) mass is 302 g/mol. The number of benzene rings is 1. The van der Waals surface area contributed by atoms with Crippen molar-refractivity contribution in [3.8, 4) is 5.75 Å². The van der Waals surface area contributed by atoms with Gasteiger partial charge in [0.1, 0.15) is 5.75 Å². The molecule has 0 aromatic heterocycles. The predicted molar refractivity (Wildman–Crippen MR) is 78.1 cm³/mol. The Balaban J connectivity index is 3.16. The molecule has 0 atom stereocenters. The largest absolute Gasteiger partial charge is 0.495 e. The Morgan fingerprint density at radius 2 is 2.05 bits per heavy atom. The molecule has 0 saturated heterocycles. The van der Waals surface area contributed by atoms with Crippen molar-refractivity contribution in [2.75, 3.05) is 26.0 Å². The van der Waals surface area contributed by atoms with Gasteiger partial charge in [0.2, 0.25) is 10.0 Å². The highest BCUT2D eigenvalue weighted by molar-refractivity contribution is 7.89. The summed E-state index contributed by atoms with van der Waals surface area (Å²) in [7, 11) is -2.16. The predicted octanol–water partition coefficient (Wildman–Crippen LogP) is 1.06. The number of ether oxygens (including phenoxy) is 1. The van der Waals surface area contributed by atoms with Gasteiger partial charge in [-0.2, -0.15) is 4.31 Å². The Morgan fingerprint density at radius 3 is 2.50 bits per heavy atom. The number of aliphatic hydroxyl groups excluding tert-OH is 1. The molecule has 0 aliphatic carbocycles. The van der Waals surface area contributed by atoms with Crippen LogP contribution in [-0.2, 0) is 10.0 Å². The SMILES string of the molecule is COc1ccc(S(=O)(=O)N(CCCO)C(C)C)cc1N. The van der Waals surface area contributed by atoms with Gasteiger partial charge in [-0.05, 0) is 38.5 Å². The summed E-state index contributed by atoms with van der Waals surface area (Å²) in [6.45, 7) is 3.80. The van der Waals surface area contributed by atoms with E-state index in [0.717, 1.165) is 0 Å². The van der Waals surface area contributed by atoms with E-state index >= 15 is 0 Å². The number of nitrogens with zero attached hydrogens (tertiary/aromatic N) is 1. The standard InChI is InChI=1S/C13H22N2O4S/c1-10(2)15(7-4-8-16)20(17,18)11-5-6-13(19-3)12(14)9-11/h5-6,9-10,16H,4,7-8,14H2,1-3H3. The van der Waals surface area contributed by atoms with E-state index in [1.807, 2.05) is 0 Å². The summed E-state index contributed by atoms with van der Waals surface area (Å²) in [5.74, 6) is 0.440. The summed E-state index contributed by atoms with van der Waals surface area (Å²) in [5, 5.41) is 8.89. The third-order valence-corrected chi connectivity index (χ3v) is 4.99. The normalized spacial score (nSPS) is 12.1. The zero-order valence-corrected chi connectivity index (χ0v) is 12.9. The molecule has 0 amide bonds. The molecular formula is C13H22N2O4S. The fourth-order valence-electron chi connectivity index (χ4n) is 1.89. The Kier molecular flexibility index (Phi) is 5.79. The lowest BCUT2D eigenvalue weighted by molar-refractivity contribution is 0.258. The van der Waals surface area contributed by atoms with Crippen LogP contribution in [0.5, 0.6) is 5.75 Å². The minimum absolute atomic E-state index is 0.0521. The third-order valence-electron chi connectivity index (χ3n) is 2.92. The minimum atomic E-state index is -3.63. The van der Waals surface area contributed by atoms with Crippen molar-refractivity contribution in [1.82, 2.24) is 4.31 Å². The summed E-state index contributed by atoms with van der Waals surface area (Å²) in [4.78, 5) is 0.127. The van der Waals surface area contributed by atoms with Crippen LogP contribution in [0.2, 0.25) is 0 Å². The van der Waals surface area contributed by atoms with Crippen molar-refractivity contribution in [3.63, 3.8) is 0 Å². The zero-order valence-electron chi connectivity index (χ0n) is 12.0. The van der Waals surface area contributed by atoms with Gasteiger partial charge in [-0.25, -0.2) is 8.42 Å². The average molecular weight is 302 g/mol. The number of hydrogen-bond acceptors (Lipinski definition) is 5. The molecule has 1 rings (SSSR count). The maximum absolute atomic E-state index is 12.6. The number of nitrogens with two attached hydrogens (primary N) is 1. The topological polar surface area (TPSA) is 92.9 Å². The second-order valence-corrected chi connectivity index (χ2v) is 6.58. The molecular weight excluding hydrogens is 280 g/mol. The van der Waals surface area contributed by atoms with E-state index in [-0.39, 0.29) is 29.8 Å². The second kappa shape index (κ2) is 6.92. The van der Waals surface area contributed by atoms with Crippen LogP contribution < -0.4 is 10.5 Å². The lowest BCUT2D eigenvalue weighted by Crippen LogP contribution is -2.38.